The van der Waals surface area contributed by atoms with Crippen LogP contribution in [-0.2, 0) is 22.4 Å². The molecule has 5 nitrogen and oxygen atoms in total. The molecule has 0 radical (unpaired) electrons. The highest BCUT2D eigenvalue weighted by atomic mass is 16.6. The summed E-state index contributed by atoms with van der Waals surface area (Å²) in [5.41, 5.74) is 5.87. The molecule has 0 atom stereocenters. The van der Waals surface area contributed by atoms with Gasteiger partial charge in [-0.25, -0.2) is 4.79 Å². The van der Waals surface area contributed by atoms with Gasteiger partial charge in [-0.15, -0.1) is 0 Å². The van der Waals surface area contributed by atoms with Gasteiger partial charge in [-0.05, 0) is 31.9 Å². The first-order valence-electron chi connectivity index (χ1n) is 6.60. The van der Waals surface area contributed by atoms with E-state index >= 15 is 0 Å². The first-order chi connectivity index (χ1) is 9.22. The third kappa shape index (κ3) is 2.92. The number of hydrogen-bond acceptors (Lipinski definition) is 3. The second kappa shape index (κ2) is 4.81. The smallest absolute Gasteiger partial charge is 0.408 e. The minimum atomic E-state index is -1.09. The van der Waals surface area contributed by atoms with Gasteiger partial charge in [-0.3, -0.25) is 4.79 Å². The average Bonchev–Trinajstić information content (AvgIpc) is 2.65. The van der Waals surface area contributed by atoms with Gasteiger partial charge in [0.2, 0.25) is 5.91 Å². The lowest BCUT2D eigenvalue weighted by Crippen LogP contribution is -2.59. The Morgan fingerprint density at radius 3 is 2.10 bits per heavy atom. The number of ether oxygens (including phenoxy) is 1. The molecule has 0 heterocycles. The normalized spacial score (nSPS) is 16.4. The Morgan fingerprint density at radius 2 is 1.70 bits per heavy atom. The summed E-state index contributed by atoms with van der Waals surface area (Å²) in [5, 5.41) is 2.66. The Morgan fingerprint density at radius 1 is 1.20 bits per heavy atom. The van der Waals surface area contributed by atoms with Crippen LogP contribution in [0.3, 0.4) is 0 Å². The maximum absolute atomic E-state index is 11.9. The Labute approximate surface area is 118 Å². The molecule has 0 unspecified atom stereocenters. The molecule has 0 saturated carbocycles. The number of alkyl carbamates (subject to hydrolysis) is 1. The van der Waals surface area contributed by atoms with Gasteiger partial charge in [0.15, 0.2) is 0 Å². The topological polar surface area (TPSA) is 81.4 Å². The van der Waals surface area contributed by atoms with Crippen molar-refractivity contribution in [3.05, 3.63) is 35.4 Å². The van der Waals surface area contributed by atoms with Crippen LogP contribution in [-0.4, -0.2) is 23.1 Å². The number of nitrogens with two attached hydrogens (primary N) is 1. The highest BCUT2D eigenvalue weighted by Crippen LogP contribution is 2.30. The van der Waals surface area contributed by atoms with Crippen molar-refractivity contribution in [3.63, 3.8) is 0 Å². The summed E-state index contributed by atoms with van der Waals surface area (Å²) in [6.45, 7) is 5.31. The summed E-state index contributed by atoms with van der Waals surface area (Å²) in [6.07, 6.45) is 0.180. The minimum Gasteiger partial charge on any atom is -0.444 e. The lowest BCUT2D eigenvalue weighted by molar-refractivity contribution is -0.124. The Kier molecular flexibility index (Phi) is 3.46. The van der Waals surface area contributed by atoms with Gasteiger partial charge in [0.1, 0.15) is 11.1 Å². The molecule has 0 bridgehead atoms. The summed E-state index contributed by atoms with van der Waals surface area (Å²) in [5.74, 6) is -0.542. The van der Waals surface area contributed by atoms with Gasteiger partial charge in [-0.1, -0.05) is 24.3 Å². The standard InChI is InChI=1S/C15H20N2O3/c1-14(2,3)20-13(19)17-15(12(16)18)8-10-6-4-5-7-11(10)9-15/h4-7H,8-9H2,1-3H3,(H2,16,18)(H,17,19). The van der Waals surface area contributed by atoms with Crippen LogP contribution in [0.5, 0.6) is 0 Å². The number of hydrogen-bond donors (Lipinski definition) is 2. The van der Waals surface area contributed by atoms with Crippen LogP contribution in [0.25, 0.3) is 0 Å². The van der Waals surface area contributed by atoms with E-state index in [1.165, 1.54) is 0 Å². The van der Waals surface area contributed by atoms with Gasteiger partial charge < -0.3 is 15.8 Å². The van der Waals surface area contributed by atoms with E-state index in [1.54, 1.807) is 20.8 Å². The molecule has 1 aromatic rings. The van der Waals surface area contributed by atoms with Crippen LogP contribution in [0.2, 0.25) is 0 Å². The van der Waals surface area contributed by atoms with Gasteiger partial charge in [0.05, 0.1) is 0 Å². The SMILES string of the molecule is CC(C)(C)OC(=O)NC1(C(N)=O)Cc2ccccc2C1. The van der Waals surface area contributed by atoms with Gasteiger partial charge in [-0.2, -0.15) is 0 Å². The number of benzene rings is 1. The van der Waals surface area contributed by atoms with Gasteiger partial charge in [0.25, 0.3) is 0 Å². The van der Waals surface area contributed by atoms with Crippen molar-refractivity contribution >= 4 is 12.0 Å². The molecule has 0 spiro atoms. The maximum Gasteiger partial charge on any atom is 0.408 e. The Hall–Kier alpha value is -2.04. The summed E-state index contributed by atoms with van der Waals surface area (Å²) in [7, 11) is 0. The van der Waals surface area contributed by atoms with Crippen molar-refractivity contribution in [2.75, 3.05) is 0 Å². The van der Waals surface area contributed by atoms with E-state index in [0.29, 0.717) is 12.8 Å². The number of nitrogens with one attached hydrogen (secondary N) is 1. The molecular formula is C15H20N2O3. The van der Waals surface area contributed by atoms with Crippen molar-refractivity contribution in [1.29, 1.82) is 0 Å². The highest BCUT2D eigenvalue weighted by Gasteiger charge is 2.44. The van der Waals surface area contributed by atoms with Crippen LogP contribution in [0.15, 0.2) is 24.3 Å². The fourth-order valence-corrected chi connectivity index (χ4v) is 2.44. The summed E-state index contributed by atoms with van der Waals surface area (Å²) >= 11 is 0. The highest BCUT2D eigenvalue weighted by molar-refractivity contribution is 5.90. The molecule has 5 heteroatoms. The van der Waals surface area contributed by atoms with Crippen molar-refractivity contribution in [1.82, 2.24) is 5.32 Å². The summed E-state index contributed by atoms with van der Waals surface area (Å²) in [4.78, 5) is 23.8. The van der Waals surface area contributed by atoms with E-state index in [-0.39, 0.29) is 0 Å². The first kappa shape index (κ1) is 14.4. The van der Waals surface area contributed by atoms with E-state index < -0.39 is 23.1 Å². The van der Waals surface area contributed by atoms with E-state index in [9.17, 15) is 9.59 Å². The molecular weight excluding hydrogens is 256 g/mol. The zero-order chi connectivity index (χ0) is 15.0. The van der Waals surface area contributed by atoms with E-state index in [1.807, 2.05) is 24.3 Å². The molecule has 108 valence electrons. The second-order valence-electron chi connectivity index (χ2n) is 6.20. The average molecular weight is 276 g/mol. The molecule has 1 aromatic carbocycles. The third-order valence-electron chi connectivity index (χ3n) is 3.31. The van der Waals surface area contributed by atoms with Crippen LogP contribution in [0.4, 0.5) is 4.79 Å². The van der Waals surface area contributed by atoms with E-state index in [2.05, 4.69) is 5.32 Å². The van der Waals surface area contributed by atoms with Crippen molar-refractivity contribution in [2.24, 2.45) is 5.73 Å². The van der Waals surface area contributed by atoms with Crippen molar-refractivity contribution in [3.8, 4) is 0 Å². The predicted molar refractivity (Wildman–Crippen MR) is 75.1 cm³/mol. The third-order valence-corrected chi connectivity index (χ3v) is 3.31. The van der Waals surface area contributed by atoms with Crippen molar-refractivity contribution < 1.29 is 14.3 Å². The number of carbonyl (C=O) groups is 2. The zero-order valence-corrected chi connectivity index (χ0v) is 12.0. The summed E-state index contributed by atoms with van der Waals surface area (Å²) < 4.78 is 5.22. The largest absolute Gasteiger partial charge is 0.444 e. The van der Waals surface area contributed by atoms with Crippen LogP contribution in [0, 0.1) is 0 Å². The fourth-order valence-electron chi connectivity index (χ4n) is 2.44. The molecule has 0 aliphatic heterocycles. The van der Waals surface area contributed by atoms with Crippen LogP contribution >= 0.6 is 0 Å². The zero-order valence-electron chi connectivity index (χ0n) is 12.0. The predicted octanol–water partition coefficient (Wildman–Crippen LogP) is 1.53. The molecule has 0 fully saturated rings. The monoisotopic (exact) mass is 276 g/mol. The lowest BCUT2D eigenvalue weighted by atomic mass is 9.95. The number of primary amides is 1. The van der Waals surface area contributed by atoms with E-state index in [0.717, 1.165) is 11.1 Å². The first-order valence-corrected chi connectivity index (χ1v) is 6.60. The molecule has 1 aliphatic rings. The quantitative estimate of drug-likeness (QED) is 0.859. The Balaban J connectivity index is 2.18. The van der Waals surface area contributed by atoms with Crippen LogP contribution in [0.1, 0.15) is 31.9 Å². The number of rotatable bonds is 2. The molecule has 1 aliphatic carbocycles. The van der Waals surface area contributed by atoms with Gasteiger partial charge >= 0.3 is 6.09 Å². The minimum absolute atomic E-state index is 0.401. The molecule has 0 aromatic heterocycles. The second-order valence-corrected chi connectivity index (χ2v) is 6.20. The van der Waals surface area contributed by atoms with E-state index in [4.69, 9.17) is 10.5 Å². The van der Waals surface area contributed by atoms with Gasteiger partial charge in [0, 0.05) is 12.8 Å². The number of fused-ring (bicyclic) bond motifs is 1. The fraction of sp³-hybridized carbons (Fsp3) is 0.467. The lowest BCUT2D eigenvalue weighted by Gasteiger charge is -2.28. The molecule has 20 heavy (non-hydrogen) atoms. The Bertz CT molecular complexity index is 521. The van der Waals surface area contributed by atoms with Crippen molar-refractivity contribution in [2.45, 2.75) is 44.8 Å². The molecule has 0 saturated heterocycles. The molecule has 2 amide bonds. The number of amides is 2. The molecule has 3 N–H and O–H groups in total. The maximum atomic E-state index is 11.9. The van der Waals surface area contributed by atoms with Crippen LogP contribution < -0.4 is 11.1 Å². The number of carbonyl (C=O) groups excluding carboxylic acids is 2. The molecule has 2 rings (SSSR count). The summed E-state index contributed by atoms with van der Waals surface area (Å²) in [6, 6.07) is 7.69.